The highest BCUT2D eigenvalue weighted by Gasteiger charge is 2.24. The van der Waals surface area contributed by atoms with Crippen molar-refractivity contribution in [1.82, 2.24) is 0 Å². The summed E-state index contributed by atoms with van der Waals surface area (Å²) in [5.74, 6) is 0. The molecule has 15 heavy (non-hydrogen) atoms. The Kier molecular flexibility index (Phi) is 3.32. The van der Waals surface area contributed by atoms with E-state index in [4.69, 9.17) is 0 Å². The lowest BCUT2D eigenvalue weighted by atomic mass is 10.1. The van der Waals surface area contributed by atoms with E-state index in [2.05, 4.69) is 40.3 Å². The Morgan fingerprint density at radius 3 is 2.80 bits per heavy atom. The van der Waals surface area contributed by atoms with Gasteiger partial charge in [0, 0.05) is 10.2 Å². The van der Waals surface area contributed by atoms with Crippen LogP contribution in [0.2, 0.25) is 0 Å². The van der Waals surface area contributed by atoms with Gasteiger partial charge in [0.25, 0.3) is 0 Å². The molecule has 1 saturated carbocycles. The maximum atomic E-state index is 9.72. The second-order valence-electron chi connectivity index (χ2n) is 4.21. The molecule has 2 unspecified atom stereocenters. The van der Waals surface area contributed by atoms with Crippen molar-refractivity contribution < 1.29 is 5.11 Å². The molecule has 1 fully saturated rings. The summed E-state index contributed by atoms with van der Waals surface area (Å²) < 4.78 is 1.09. The first kappa shape index (κ1) is 11.0. The lowest BCUT2D eigenvalue weighted by Gasteiger charge is -2.19. The first-order valence-corrected chi connectivity index (χ1v) is 6.17. The molecule has 2 rings (SSSR count). The van der Waals surface area contributed by atoms with E-state index in [0.717, 1.165) is 29.4 Å². The van der Waals surface area contributed by atoms with Crippen LogP contribution in [-0.2, 0) is 0 Å². The minimum Gasteiger partial charge on any atom is -0.391 e. The summed E-state index contributed by atoms with van der Waals surface area (Å²) in [6.07, 6.45) is 2.92. The van der Waals surface area contributed by atoms with Gasteiger partial charge in [-0.05, 0) is 49.9 Å². The van der Waals surface area contributed by atoms with E-state index in [1.54, 1.807) is 0 Å². The summed E-state index contributed by atoms with van der Waals surface area (Å²) in [7, 11) is 0. The quantitative estimate of drug-likeness (QED) is 0.865. The Labute approximate surface area is 98.8 Å². The van der Waals surface area contributed by atoms with Crippen LogP contribution in [0.15, 0.2) is 22.7 Å². The molecule has 3 heteroatoms. The van der Waals surface area contributed by atoms with Crippen molar-refractivity contribution >= 4 is 21.6 Å². The zero-order valence-corrected chi connectivity index (χ0v) is 10.4. The highest BCUT2D eigenvalue weighted by atomic mass is 79.9. The minimum absolute atomic E-state index is 0.187. The molecule has 0 bridgehead atoms. The highest BCUT2D eigenvalue weighted by Crippen LogP contribution is 2.26. The van der Waals surface area contributed by atoms with Gasteiger partial charge < -0.3 is 10.4 Å². The molecule has 0 aliphatic heterocycles. The van der Waals surface area contributed by atoms with Crippen LogP contribution in [0.4, 0.5) is 5.69 Å². The molecule has 1 aromatic rings. The maximum absolute atomic E-state index is 9.72. The van der Waals surface area contributed by atoms with E-state index in [-0.39, 0.29) is 12.1 Å². The van der Waals surface area contributed by atoms with E-state index >= 15 is 0 Å². The second kappa shape index (κ2) is 4.54. The van der Waals surface area contributed by atoms with Gasteiger partial charge in [-0.2, -0.15) is 0 Å². The molecule has 1 aliphatic rings. The van der Waals surface area contributed by atoms with Crippen LogP contribution in [0.25, 0.3) is 0 Å². The zero-order valence-electron chi connectivity index (χ0n) is 8.83. The predicted molar refractivity (Wildman–Crippen MR) is 66.1 cm³/mol. The molecule has 0 spiro atoms. The van der Waals surface area contributed by atoms with Gasteiger partial charge in [0.2, 0.25) is 0 Å². The maximum Gasteiger partial charge on any atom is 0.0741 e. The van der Waals surface area contributed by atoms with Gasteiger partial charge in [0.1, 0.15) is 0 Å². The number of hydrogen-bond acceptors (Lipinski definition) is 2. The molecule has 0 aromatic heterocycles. The van der Waals surface area contributed by atoms with Crippen LogP contribution < -0.4 is 5.32 Å². The number of benzene rings is 1. The van der Waals surface area contributed by atoms with Crippen LogP contribution in [0.5, 0.6) is 0 Å². The fourth-order valence-corrected chi connectivity index (χ4v) is 2.57. The first-order valence-electron chi connectivity index (χ1n) is 5.37. The molecule has 0 heterocycles. The summed E-state index contributed by atoms with van der Waals surface area (Å²) in [5, 5.41) is 13.1. The van der Waals surface area contributed by atoms with Crippen molar-refractivity contribution in [3.63, 3.8) is 0 Å². The lowest BCUT2D eigenvalue weighted by molar-refractivity contribution is 0.172. The van der Waals surface area contributed by atoms with Gasteiger partial charge >= 0.3 is 0 Å². The number of aliphatic hydroxyl groups excluding tert-OH is 1. The van der Waals surface area contributed by atoms with Crippen molar-refractivity contribution in [1.29, 1.82) is 0 Å². The lowest BCUT2D eigenvalue weighted by Crippen LogP contribution is -2.28. The smallest absolute Gasteiger partial charge is 0.0741 e. The molecule has 1 aliphatic carbocycles. The summed E-state index contributed by atoms with van der Waals surface area (Å²) in [5.41, 5.74) is 2.34. The van der Waals surface area contributed by atoms with Gasteiger partial charge in [0.15, 0.2) is 0 Å². The molecule has 0 radical (unpaired) electrons. The minimum atomic E-state index is -0.187. The van der Waals surface area contributed by atoms with Crippen molar-refractivity contribution in [3.05, 3.63) is 28.2 Å². The fourth-order valence-electron chi connectivity index (χ4n) is 2.10. The van der Waals surface area contributed by atoms with Gasteiger partial charge in [-0.25, -0.2) is 0 Å². The van der Waals surface area contributed by atoms with E-state index < -0.39 is 0 Å². The third-order valence-electron chi connectivity index (χ3n) is 3.01. The van der Waals surface area contributed by atoms with Gasteiger partial charge in [-0.1, -0.05) is 15.9 Å². The normalized spacial score (nSPS) is 25.5. The number of halogens is 1. The molecule has 82 valence electrons. The topological polar surface area (TPSA) is 32.3 Å². The summed E-state index contributed by atoms with van der Waals surface area (Å²) in [4.78, 5) is 0. The Morgan fingerprint density at radius 2 is 2.20 bits per heavy atom. The molecule has 0 saturated heterocycles. The number of rotatable bonds is 2. The molecular weight excluding hydrogens is 254 g/mol. The standard InChI is InChI=1S/C12H16BrNO/c1-8-7-9(13)5-6-10(8)14-11-3-2-4-12(11)15/h5-7,11-12,14-15H,2-4H2,1H3. The van der Waals surface area contributed by atoms with Crippen LogP contribution in [0.3, 0.4) is 0 Å². The van der Waals surface area contributed by atoms with Crippen molar-refractivity contribution in [2.24, 2.45) is 0 Å². The monoisotopic (exact) mass is 269 g/mol. The predicted octanol–water partition coefficient (Wildman–Crippen LogP) is 3.08. The number of anilines is 1. The number of aliphatic hydroxyl groups is 1. The summed E-state index contributed by atoms with van der Waals surface area (Å²) in [6.45, 7) is 2.08. The molecule has 1 aromatic carbocycles. The Balaban J connectivity index is 2.10. The number of hydrogen-bond donors (Lipinski definition) is 2. The van der Waals surface area contributed by atoms with Crippen molar-refractivity contribution in [2.45, 2.75) is 38.3 Å². The van der Waals surface area contributed by atoms with E-state index in [1.165, 1.54) is 5.56 Å². The van der Waals surface area contributed by atoms with Crippen LogP contribution >= 0.6 is 15.9 Å². The molecule has 0 amide bonds. The zero-order chi connectivity index (χ0) is 10.8. The van der Waals surface area contributed by atoms with Crippen LogP contribution in [-0.4, -0.2) is 17.3 Å². The van der Waals surface area contributed by atoms with Gasteiger partial charge in [-0.3, -0.25) is 0 Å². The van der Waals surface area contributed by atoms with Gasteiger partial charge in [-0.15, -0.1) is 0 Å². The van der Waals surface area contributed by atoms with E-state index in [1.807, 2.05) is 6.07 Å². The second-order valence-corrected chi connectivity index (χ2v) is 5.12. The first-order chi connectivity index (χ1) is 7.16. The number of nitrogens with one attached hydrogen (secondary N) is 1. The average Bonchev–Trinajstić information content (AvgIpc) is 2.57. The van der Waals surface area contributed by atoms with Crippen molar-refractivity contribution in [2.75, 3.05) is 5.32 Å². The third-order valence-corrected chi connectivity index (χ3v) is 3.50. The van der Waals surface area contributed by atoms with E-state index in [9.17, 15) is 5.11 Å². The third kappa shape index (κ3) is 2.52. The molecular formula is C12H16BrNO. The van der Waals surface area contributed by atoms with E-state index in [0.29, 0.717) is 0 Å². The Bertz CT molecular complexity index is 353. The molecule has 2 N–H and O–H groups in total. The van der Waals surface area contributed by atoms with Crippen molar-refractivity contribution in [3.8, 4) is 0 Å². The summed E-state index contributed by atoms with van der Waals surface area (Å²) >= 11 is 3.44. The SMILES string of the molecule is Cc1cc(Br)ccc1NC1CCCC1O. The Hall–Kier alpha value is -0.540. The van der Waals surface area contributed by atoms with Crippen LogP contribution in [0, 0.1) is 6.92 Å². The summed E-state index contributed by atoms with van der Waals surface area (Å²) in [6, 6.07) is 6.40. The van der Waals surface area contributed by atoms with Gasteiger partial charge in [0.05, 0.1) is 12.1 Å². The number of aryl methyl sites for hydroxylation is 1. The molecule has 2 atom stereocenters. The average molecular weight is 270 g/mol. The fraction of sp³-hybridized carbons (Fsp3) is 0.500. The van der Waals surface area contributed by atoms with Crippen LogP contribution in [0.1, 0.15) is 24.8 Å². The highest BCUT2D eigenvalue weighted by molar-refractivity contribution is 9.10. The largest absolute Gasteiger partial charge is 0.391 e. The Morgan fingerprint density at radius 1 is 1.40 bits per heavy atom. The molecule has 2 nitrogen and oxygen atoms in total.